The largest absolute Gasteiger partial charge is 0.487 e. The fraction of sp³-hybridized carbons (Fsp3) is 0.667. The average molecular weight is 422 g/mol. The van der Waals surface area contributed by atoms with E-state index in [1.165, 1.54) is 21.3 Å². The van der Waals surface area contributed by atoms with Crippen molar-refractivity contribution in [1.82, 2.24) is 5.32 Å². The smallest absolute Gasteiger partial charge is 0.126 e. The van der Waals surface area contributed by atoms with Gasteiger partial charge in [0.05, 0.1) is 0 Å². The van der Waals surface area contributed by atoms with Crippen molar-refractivity contribution >= 4 is 47.7 Å². The molecule has 3 nitrogen and oxygen atoms in total. The van der Waals surface area contributed by atoms with Gasteiger partial charge in [-0.05, 0) is 55.2 Å². The molecular formula is C18H31NO2S4. The Balaban J connectivity index is 0.00000151. The van der Waals surface area contributed by atoms with Crippen molar-refractivity contribution in [2.24, 2.45) is 0 Å². The van der Waals surface area contributed by atoms with Crippen molar-refractivity contribution in [3.8, 4) is 5.75 Å². The number of nitrogens with one attached hydrogen (secondary N) is 1. The van der Waals surface area contributed by atoms with E-state index in [2.05, 4.69) is 61.3 Å². The average Bonchev–Trinajstić information content (AvgIpc) is 2.62. The van der Waals surface area contributed by atoms with E-state index in [1.54, 1.807) is 0 Å². The van der Waals surface area contributed by atoms with Crippen LogP contribution in [0.5, 0.6) is 5.75 Å². The summed E-state index contributed by atoms with van der Waals surface area (Å²) in [4.78, 5) is 1.17. The number of rotatable bonds is 8. The summed E-state index contributed by atoms with van der Waals surface area (Å²) in [6.07, 6.45) is 2.03. The highest BCUT2D eigenvalue weighted by atomic mass is 33.1. The Morgan fingerprint density at radius 2 is 2.08 bits per heavy atom. The summed E-state index contributed by atoms with van der Waals surface area (Å²) in [5, 5.41) is 13.9. The van der Waals surface area contributed by atoms with Gasteiger partial charge < -0.3 is 15.2 Å². The molecule has 7 heteroatoms. The quantitative estimate of drug-likeness (QED) is 0.322. The Morgan fingerprint density at radius 3 is 2.72 bits per heavy atom. The van der Waals surface area contributed by atoms with Crippen molar-refractivity contribution in [2.75, 3.05) is 18.8 Å². The molecular weight excluding hydrogens is 390 g/mol. The Morgan fingerprint density at radius 1 is 1.36 bits per heavy atom. The number of benzene rings is 1. The molecule has 0 aromatic heterocycles. The molecule has 0 radical (unpaired) electrons. The molecule has 1 aromatic carbocycles. The van der Waals surface area contributed by atoms with Crippen LogP contribution in [0.4, 0.5) is 0 Å². The van der Waals surface area contributed by atoms with Crippen molar-refractivity contribution in [1.29, 1.82) is 0 Å². The van der Waals surface area contributed by atoms with E-state index in [9.17, 15) is 5.11 Å². The zero-order valence-corrected chi connectivity index (χ0v) is 18.7. The molecule has 3 atom stereocenters. The molecule has 1 aliphatic heterocycles. The Hall–Kier alpha value is 0.340. The lowest BCUT2D eigenvalue weighted by molar-refractivity contribution is 0.0246. The minimum Gasteiger partial charge on any atom is -0.487 e. The molecule has 0 saturated heterocycles. The molecule has 0 fully saturated rings. The van der Waals surface area contributed by atoms with Gasteiger partial charge in [-0.25, -0.2) is 0 Å². The summed E-state index contributed by atoms with van der Waals surface area (Å²) in [6, 6.07) is 4.20. The second-order valence-electron chi connectivity index (χ2n) is 5.90. The number of aryl methyl sites for hydroxylation is 2. The first-order valence-corrected chi connectivity index (χ1v) is 11.9. The number of fused-ring (bicyclic) bond motifs is 1. The maximum absolute atomic E-state index is 10.4. The first kappa shape index (κ1) is 23.4. The Bertz CT molecular complexity index is 516. The van der Waals surface area contributed by atoms with Crippen LogP contribution in [0, 0.1) is 6.92 Å². The molecule has 0 saturated carbocycles. The maximum Gasteiger partial charge on any atom is 0.126 e. The summed E-state index contributed by atoms with van der Waals surface area (Å²) < 4.78 is 6.02. The van der Waals surface area contributed by atoms with E-state index in [0.717, 1.165) is 42.9 Å². The van der Waals surface area contributed by atoms with Crippen LogP contribution in [0.3, 0.4) is 0 Å². The summed E-state index contributed by atoms with van der Waals surface area (Å²) >= 11 is 13.0. The van der Waals surface area contributed by atoms with Gasteiger partial charge in [-0.3, -0.25) is 0 Å². The van der Waals surface area contributed by atoms with E-state index in [4.69, 9.17) is 4.74 Å². The fourth-order valence-electron chi connectivity index (χ4n) is 2.68. The van der Waals surface area contributed by atoms with Gasteiger partial charge in [-0.2, -0.15) is 25.3 Å². The summed E-state index contributed by atoms with van der Waals surface area (Å²) in [5.41, 5.74) is 2.36. The standard InChI is InChI=1S/C16H25NO2S4.C2H6/c1-10-6-15-11(7-16(10)23-22)2-3-14(19-15)13(18)9-17-8-12(21)4-5-20;1-2/h6-7,12-14,17-18,20-22H,2-5,8-9H2,1H3;1-2H3. The fourth-order valence-corrected chi connectivity index (χ4v) is 4.44. The highest BCUT2D eigenvalue weighted by molar-refractivity contribution is 8.68. The van der Waals surface area contributed by atoms with Crippen molar-refractivity contribution < 1.29 is 9.84 Å². The molecule has 1 aromatic rings. The zero-order chi connectivity index (χ0) is 18.8. The first-order valence-electron chi connectivity index (χ1n) is 8.84. The number of ether oxygens (including phenoxy) is 1. The summed E-state index contributed by atoms with van der Waals surface area (Å²) in [5.74, 6) is 1.72. The lowest BCUT2D eigenvalue weighted by atomic mass is 9.98. The van der Waals surface area contributed by atoms with Gasteiger partial charge in [0.15, 0.2) is 0 Å². The number of hydrogen-bond donors (Lipinski definition) is 5. The van der Waals surface area contributed by atoms with Crippen LogP contribution in [-0.2, 0) is 6.42 Å². The minimum atomic E-state index is -0.515. The molecule has 2 rings (SSSR count). The van der Waals surface area contributed by atoms with Crippen LogP contribution >= 0.6 is 47.7 Å². The monoisotopic (exact) mass is 421 g/mol. The Kier molecular flexibility index (Phi) is 11.9. The minimum absolute atomic E-state index is 0.160. The van der Waals surface area contributed by atoms with Gasteiger partial charge in [0.1, 0.15) is 18.0 Å². The molecule has 2 N–H and O–H groups in total. The van der Waals surface area contributed by atoms with Crippen LogP contribution in [0.2, 0.25) is 0 Å². The molecule has 0 aliphatic carbocycles. The van der Waals surface area contributed by atoms with Gasteiger partial charge in [0.2, 0.25) is 0 Å². The predicted octanol–water partition coefficient (Wildman–Crippen LogP) is 4.22. The third kappa shape index (κ3) is 7.46. The molecule has 3 unspecified atom stereocenters. The van der Waals surface area contributed by atoms with Crippen LogP contribution in [0.25, 0.3) is 0 Å². The van der Waals surface area contributed by atoms with E-state index in [0.29, 0.717) is 6.54 Å². The van der Waals surface area contributed by atoms with E-state index >= 15 is 0 Å². The van der Waals surface area contributed by atoms with E-state index in [1.807, 2.05) is 13.8 Å². The summed E-state index contributed by atoms with van der Waals surface area (Å²) in [7, 11) is 1.46. The lowest BCUT2D eigenvalue weighted by Gasteiger charge is -2.30. The highest BCUT2D eigenvalue weighted by Gasteiger charge is 2.26. The van der Waals surface area contributed by atoms with Crippen LogP contribution in [-0.4, -0.2) is 41.4 Å². The molecule has 1 heterocycles. The first-order chi connectivity index (χ1) is 12.0. The molecule has 0 spiro atoms. The summed E-state index contributed by atoms with van der Waals surface area (Å²) in [6.45, 7) is 7.34. The van der Waals surface area contributed by atoms with Crippen LogP contribution < -0.4 is 10.1 Å². The molecule has 25 heavy (non-hydrogen) atoms. The number of hydrogen-bond acceptors (Lipinski definition) is 7. The third-order valence-corrected chi connectivity index (χ3v) is 5.98. The molecule has 0 bridgehead atoms. The second kappa shape index (κ2) is 12.7. The zero-order valence-electron chi connectivity index (χ0n) is 15.2. The van der Waals surface area contributed by atoms with Crippen molar-refractivity contribution in [2.45, 2.75) is 62.4 Å². The van der Waals surface area contributed by atoms with Gasteiger partial charge in [0, 0.05) is 23.2 Å². The van der Waals surface area contributed by atoms with Crippen molar-refractivity contribution in [3.63, 3.8) is 0 Å². The van der Waals surface area contributed by atoms with Gasteiger partial charge in [-0.15, -0.1) is 11.7 Å². The number of thiol groups is 3. The number of aliphatic hydroxyl groups excluding tert-OH is 1. The van der Waals surface area contributed by atoms with E-state index in [-0.39, 0.29) is 11.4 Å². The normalized spacial score (nSPS) is 18.4. The van der Waals surface area contributed by atoms with Gasteiger partial charge in [-0.1, -0.05) is 24.6 Å². The molecule has 0 amide bonds. The molecule has 144 valence electrons. The van der Waals surface area contributed by atoms with Gasteiger partial charge in [0.25, 0.3) is 0 Å². The van der Waals surface area contributed by atoms with Crippen LogP contribution in [0.15, 0.2) is 17.0 Å². The second-order valence-corrected chi connectivity index (χ2v) is 8.25. The van der Waals surface area contributed by atoms with Gasteiger partial charge >= 0.3 is 0 Å². The maximum atomic E-state index is 10.4. The predicted molar refractivity (Wildman–Crippen MR) is 120 cm³/mol. The number of aliphatic hydroxyl groups is 1. The third-order valence-electron chi connectivity index (χ3n) is 4.06. The molecule has 1 aliphatic rings. The van der Waals surface area contributed by atoms with Crippen LogP contribution in [0.1, 0.15) is 37.8 Å². The topological polar surface area (TPSA) is 41.5 Å². The van der Waals surface area contributed by atoms with Crippen molar-refractivity contribution in [3.05, 3.63) is 23.3 Å². The Labute approximate surface area is 172 Å². The SMILES string of the molecule is CC.Cc1cc2c(cc1SS)CCC(C(O)CNCC(S)CCS)O2. The lowest BCUT2D eigenvalue weighted by Crippen LogP contribution is -2.42. The highest BCUT2D eigenvalue weighted by Crippen LogP contribution is 2.35. The van der Waals surface area contributed by atoms with E-state index < -0.39 is 6.10 Å².